The molecule has 1 nitrogen and oxygen atoms in total. The van der Waals surface area contributed by atoms with Gasteiger partial charge >= 0.3 is 0 Å². The standard InChI is InChI=1S/C18H27BrFN/c1-6-9-21-15(16-17(2,3)18(16,4)5)10-12-7-8-13(19)11-14(12)20/h7-8,11,15-16,21H,6,9-10H2,1-5H3. The smallest absolute Gasteiger partial charge is 0.127 e. The molecule has 0 spiro atoms. The molecule has 2 rings (SSSR count). The maximum atomic E-state index is 14.1. The molecule has 1 aliphatic carbocycles. The number of halogens is 2. The quantitative estimate of drug-likeness (QED) is 0.740. The van der Waals surface area contributed by atoms with Crippen LogP contribution in [-0.2, 0) is 6.42 Å². The zero-order valence-corrected chi connectivity index (χ0v) is 15.3. The van der Waals surface area contributed by atoms with Gasteiger partial charge < -0.3 is 5.32 Å². The molecule has 118 valence electrons. The number of rotatable bonds is 6. The van der Waals surface area contributed by atoms with E-state index in [1.807, 2.05) is 12.1 Å². The van der Waals surface area contributed by atoms with Gasteiger partial charge in [0.25, 0.3) is 0 Å². The molecule has 3 heteroatoms. The van der Waals surface area contributed by atoms with Crippen LogP contribution in [0.5, 0.6) is 0 Å². The van der Waals surface area contributed by atoms with Crippen molar-refractivity contribution in [1.82, 2.24) is 5.32 Å². The molecule has 1 saturated carbocycles. The summed E-state index contributed by atoms with van der Waals surface area (Å²) in [6.45, 7) is 12.5. The minimum Gasteiger partial charge on any atom is -0.313 e. The van der Waals surface area contributed by atoms with Gasteiger partial charge in [0.2, 0.25) is 0 Å². The van der Waals surface area contributed by atoms with Crippen LogP contribution in [-0.4, -0.2) is 12.6 Å². The number of nitrogens with one attached hydrogen (secondary N) is 1. The summed E-state index contributed by atoms with van der Waals surface area (Å²) in [6, 6.07) is 5.74. The molecule has 0 aromatic heterocycles. The molecular weight excluding hydrogens is 329 g/mol. The summed E-state index contributed by atoms with van der Waals surface area (Å²) in [5.41, 5.74) is 1.43. The fourth-order valence-electron chi connectivity index (χ4n) is 3.82. The zero-order chi connectivity index (χ0) is 15.8. The lowest BCUT2D eigenvalue weighted by Crippen LogP contribution is -2.36. The van der Waals surface area contributed by atoms with Gasteiger partial charge in [-0.2, -0.15) is 0 Å². The predicted octanol–water partition coefficient (Wildman–Crippen LogP) is 5.18. The van der Waals surface area contributed by atoms with Crippen LogP contribution in [0.25, 0.3) is 0 Å². The Labute approximate surface area is 136 Å². The molecule has 1 fully saturated rings. The summed E-state index contributed by atoms with van der Waals surface area (Å²) < 4.78 is 14.9. The first kappa shape index (κ1) is 17.0. The Morgan fingerprint density at radius 3 is 2.33 bits per heavy atom. The minimum absolute atomic E-state index is 0.107. The lowest BCUT2D eigenvalue weighted by Gasteiger charge is -2.21. The van der Waals surface area contributed by atoms with E-state index in [2.05, 4.69) is 55.9 Å². The molecule has 0 heterocycles. The second kappa shape index (κ2) is 6.00. The van der Waals surface area contributed by atoms with Gasteiger partial charge in [0.15, 0.2) is 0 Å². The lowest BCUT2D eigenvalue weighted by molar-refractivity contribution is 0.391. The van der Waals surface area contributed by atoms with E-state index in [1.165, 1.54) is 0 Å². The summed E-state index contributed by atoms with van der Waals surface area (Å²) in [7, 11) is 0. The molecule has 0 amide bonds. The first-order valence-electron chi connectivity index (χ1n) is 7.89. The number of hydrogen-bond donors (Lipinski definition) is 1. The Morgan fingerprint density at radius 1 is 1.24 bits per heavy atom. The highest BCUT2D eigenvalue weighted by molar-refractivity contribution is 9.10. The van der Waals surface area contributed by atoms with Crippen molar-refractivity contribution >= 4 is 15.9 Å². The van der Waals surface area contributed by atoms with E-state index in [0.29, 0.717) is 22.8 Å². The topological polar surface area (TPSA) is 12.0 Å². The molecule has 1 aliphatic rings. The van der Waals surface area contributed by atoms with Gasteiger partial charge in [-0.3, -0.25) is 0 Å². The molecule has 0 bridgehead atoms. The SMILES string of the molecule is CCCNC(Cc1ccc(Br)cc1F)C1C(C)(C)C1(C)C. The second-order valence-corrected chi connectivity index (χ2v) is 8.34. The molecule has 0 aliphatic heterocycles. The summed E-state index contributed by atoms with van der Waals surface area (Å²) >= 11 is 3.33. The molecule has 1 N–H and O–H groups in total. The van der Waals surface area contributed by atoms with Crippen LogP contribution in [0.2, 0.25) is 0 Å². The van der Waals surface area contributed by atoms with Gasteiger partial charge in [0.05, 0.1) is 0 Å². The Morgan fingerprint density at radius 2 is 1.86 bits per heavy atom. The van der Waals surface area contributed by atoms with Crippen molar-refractivity contribution in [3.63, 3.8) is 0 Å². The molecular formula is C18H27BrFN. The molecule has 0 saturated heterocycles. The van der Waals surface area contributed by atoms with Crippen molar-refractivity contribution < 1.29 is 4.39 Å². The zero-order valence-electron chi connectivity index (χ0n) is 13.8. The van der Waals surface area contributed by atoms with Crippen LogP contribution >= 0.6 is 15.9 Å². The van der Waals surface area contributed by atoms with Gasteiger partial charge in [0, 0.05) is 10.5 Å². The van der Waals surface area contributed by atoms with Crippen LogP contribution in [0, 0.1) is 22.6 Å². The van der Waals surface area contributed by atoms with E-state index in [-0.39, 0.29) is 5.82 Å². The molecule has 1 aromatic rings. The Balaban J connectivity index is 2.18. The highest BCUT2D eigenvalue weighted by Gasteiger charge is 2.66. The largest absolute Gasteiger partial charge is 0.313 e. The summed E-state index contributed by atoms with van der Waals surface area (Å²) in [5, 5.41) is 3.65. The van der Waals surface area contributed by atoms with Crippen molar-refractivity contribution in [2.75, 3.05) is 6.54 Å². The highest BCUT2D eigenvalue weighted by Crippen LogP contribution is 2.69. The third kappa shape index (κ3) is 3.19. The average molecular weight is 356 g/mol. The van der Waals surface area contributed by atoms with E-state index in [1.54, 1.807) is 6.07 Å². The Hall–Kier alpha value is -0.410. The number of hydrogen-bond acceptors (Lipinski definition) is 1. The molecule has 1 unspecified atom stereocenters. The fraction of sp³-hybridized carbons (Fsp3) is 0.667. The second-order valence-electron chi connectivity index (χ2n) is 7.42. The van der Waals surface area contributed by atoms with Crippen molar-refractivity contribution in [1.29, 1.82) is 0 Å². The summed E-state index contributed by atoms with van der Waals surface area (Å²) in [5.74, 6) is 0.475. The Kier molecular flexibility index (Phi) is 4.84. The van der Waals surface area contributed by atoms with E-state index in [0.717, 1.165) is 29.4 Å². The molecule has 21 heavy (non-hydrogen) atoms. The van der Waals surface area contributed by atoms with Crippen LogP contribution in [0.1, 0.15) is 46.6 Å². The third-order valence-electron chi connectivity index (χ3n) is 5.65. The first-order valence-corrected chi connectivity index (χ1v) is 8.68. The van der Waals surface area contributed by atoms with Crippen molar-refractivity contribution in [2.24, 2.45) is 16.7 Å². The van der Waals surface area contributed by atoms with Crippen LogP contribution in [0.3, 0.4) is 0 Å². The van der Waals surface area contributed by atoms with E-state index < -0.39 is 0 Å². The van der Waals surface area contributed by atoms with Gasteiger partial charge in [-0.1, -0.05) is 56.6 Å². The average Bonchev–Trinajstić information content (AvgIpc) is 2.78. The van der Waals surface area contributed by atoms with Crippen LogP contribution in [0.4, 0.5) is 4.39 Å². The van der Waals surface area contributed by atoms with Gasteiger partial charge in [-0.25, -0.2) is 4.39 Å². The fourth-order valence-corrected chi connectivity index (χ4v) is 4.15. The first-order chi connectivity index (χ1) is 9.71. The normalized spacial score (nSPS) is 21.3. The van der Waals surface area contributed by atoms with Gasteiger partial charge in [0.1, 0.15) is 5.82 Å². The molecule has 1 atom stereocenters. The minimum atomic E-state index is -0.107. The van der Waals surface area contributed by atoms with E-state index in [9.17, 15) is 4.39 Å². The van der Waals surface area contributed by atoms with Crippen LogP contribution in [0.15, 0.2) is 22.7 Å². The highest BCUT2D eigenvalue weighted by atomic mass is 79.9. The number of benzene rings is 1. The molecule has 0 radical (unpaired) electrons. The summed E-state index contributed by atoms with van der Waals surface area (Å²) in [4.78, 5) is 0. The molecule has 1 aromatic carbocycles. The van der Waals surface area contributed by atoms with Crippen LogP contribution < -0.4 is 5.32 Å². The maximum absolute atomic E-state index is 14.1. The Bertz CT molecular complexity index is 496. The third-order valence-corrected chi connectivity index (χ3v) is 6.14. The lowest BCUT2D eigenvalue weighted by atomic mass is 9.96. The van der Waals surface area contributed by atoms with Gasteiger partial charge in [-0.05, 0) is 53.8 Å². The van der Waals surface area contributed by atoms with Crippen molar-refractivity contribution in [2.45, 2.75) is 53.5 Å². The van der Waals surface area contributed by atoms with Crippen molar-refractivity contribution in [3.05, 3.63) is 34.1 Å². The van der Waals surface area contributed by atoms with E-state index >= 15 is 0 Å². The predicted molar refractivity (Wildman–Crippen MR) is 90.9 cm³/mol. The van der Waals surface area contributed by atoms with Gasteiger partial charge in [-0.15, -0.1) is 0 Å². The summed E-state index contributed by atoms with van der Waals surface area (Å²) in [6.07, 6.45) is 1.86. The maximum Gasteiger partial charge on any atom is 0.127 e. The monoisotopic (exact) mass is 355 g/mol. The van der Waals surface area contributed by atoms with Crippen molar-refractivity contribution in [3.8, 4) is 0 Å². The van der Waals surface area contributed by atoms with E-state index in [4.69, 9.17) is 0 Å².